The van der Waals surface area contributed by atoms with Crippen LogP contribution in [0.25, 0.3) is 11.8 Å². The number of esters is 1. The number of carbonyl (C=O) groups excluding carboxylic acids is 1. The lowest BCUT2D eigenvalue weighted by Gasteiger charge is -2.26. The average Bonchev–Trinajstić information content (AvgIpc) is 3.41. The maximum Gasteiger partial charge on any atom is 0.338 e. The van der Waals surface area contributed by atoms with Crippen molar-refractivity contribution in [1.29, 1.82) is 5.26 Å². The summed E-state index contributed by atoms with van der Waals surface area (Å²) >= 11 is 4.84. The summed E-state index contributed by atoms with van der Waals surface area (Å²) in [5.41, 5.74) is 3.96. The first-order chi connectivity index (χ1) is 22.9. The van der Waals surface area contributed by atoms with E-state index < -0.39 is 12.0 Å². The van der Waals surface area contributed by atoms with E-state index in [2.05, 4.69) is 22.0 Å². The SMILES string of the molecule is CCOC(=O)C1=C(c2ccccc2)N=c2s/c(=C/c3ccc(OCc4ccccc4C#N)c(Br)c3)c(=O)n2[C@H]1c1cccc(OC)c1. The maximum atomic E-state index is 14.2. The summed E-state index contributed by atoms with van der Waals surface area (Å²) in [6.45, 7) is 2.15. The lowest BCUT2D eigenvalue weighted by molar-refractivity contribution is -0.138. The van der Waals surface area contributed by atoms with E-state index in [1.807, 2.05) is 91.0 Å². The highest BCUT2D eigenvalue weighted by atomic mass is 79.9. The van der Waals surface area contributed by atoms with Gasteiger partial charge >= 0.3 is 5.97 Å². The van der Waals surface area contributed by atoms with Crippen LogP contribution in [0.2, 0.25) is 0 Å². The summed E-state index contributed by atoms with van der Waals surface area (Å²) in [7, 11) is 1.57. The van der Waals surface area contributed by atoms with E-state index in [0.29, 0.717) is 42.1 Å². The number of thiazole rings is 1. The van der Waals surface area contributed by atoms with Crippen molar-refractivity contribution in [2.75, 3.05) is 13.7 Å². The summed E-state index contributed by atoms with van der Waals surface area (Å²) in [5, 5.41) is 9.39. The van der Waals surface area contributed by atoms with Crippen LogP contribution in [0.3, 0.4) is 0 Å². The summed E-state index contributed by atoms with van der Waals surface area (Å²) in [6.07, 6.45) is 1.79. The number of fused-ring (bicyclic) bond motifs is 1. The molecule has 0 fully saturated rings. The van der Waals surface area contributed by atoms with Crippen LogP contribution in [0.4, 0.5) is 0 Å². The minimum absolute atomic E-state index is 0.166. The first-order valence-electron chi connectivity index (χ1n) is 14.7. The van der Waals surface area contributed by atoms with Gasteiger partial charge in [-0.15, -0.1) is 0 Å². The second-order valence-electron chi connectivity index (χ2n) is 10.5. The molecule has 0 bridgehead atoms. The molecule has 0 aliphatic carbocycles. The van der Waals surface area contributed by atoms with Crippen molar-refractivity contribution in [2.24, 2.45) is 4.99 Å². The van der Waals surface area contributed by atoms with Crippen molar-refractivity contribution in [3.8, 4) is 17.6 Å². The van der Waals surface area contributed by atoms with E-state index >= 15 is 0 Å². The number of halogens is 1. The number of hydrogen-bond acceptors (Lipinski definition) is 8. The fourth-order valence-corrected chi connectivity index (χ4v) is 6.87. The van der Waals surface area contributed by atoms with Gasteiger partial charge in [0, 0.05) is 11.1 Å². The third-order valence-corrected chi connectivity index (χ3v) is 9.16. The number of carbonyl (C=O) groups is 1. The van der Waals surface area contributed by atoms with Crippen molar-refractivity contribution in [3.05, 3.63) is 155 Å². The standard InChI is InChI=1S/C37H28BrN3O5S/c1-3-45-36(43)32-33(24-10-5-4-6-11-24)40-37-41(34(32)25-14-9-15-28(20-25)44-2)35(42)31(47-37)19-23-16-17-30(29(38)18-23)46-22-27-13-8-7-12-26(27)21-39/h4-20,34H,3,22H2,1-2H3/b31-19+/t34-/m0/s1. The summed E-state index contributed by atoms with van der Waals surface area (Å²) in [6, 6.07) is 30.9. The monoisotopic (exact) mass is 705 g/mol. The summed E-state index contributed by atoms with van der Waals surface area (Å²) in [5.74, 6) is 0.643. The molecule has 0 radical (unpaired) electrons. The molecule has 1 aliphatic heterocycles. The van der Waals surface area contributed by atoms with Gasteiger partial charge in [-0.05, 0) is 70.4 Å². The number of nitriles is 1. The number of ether oxygens (including phenoxy) is 3. The second-order valence-corrected chi connectivity index (χ2v) is 12.3. The van der Waals surface area contributed by atoms with Gasteiger partial charge in [-0.25, -0.2) is 9.79 Å². The first kappa shape index (κ1) is 31.7. The minimum atomic E-state index is -0.809. The number of rotatable bonds is 9. The van der Waals surface area contributed by atoms with Gasteiger partial charge in [0.1, 0.15) is 18.1 Å². The molecule has 234 valence electrons. The topological polar surface area (TPSA) is 103 Å². The van der Waals surface area contributed by atoms with Gasteiger partial charge in [0.25, 0.3) is 5.56 Å². The Morgan fingerprint density at radius 2 is 1.83 bits per heavy atom. The predicted molar refractivity (Wildman–Crippen MR) is 184 cm³/mol. The number of aromatic nitrogens is 1. The van der Waals surface area contributed by atoms with Crippen molar-refractivity contribution < 1.29 is 19.0 Å². The van der Waals surface area contributed by atoms with Gasteiger partial charge in [-0.3, -0.25) is 9.36 Å². The Balaban J connectivity index is 1.46. The number of hydrogen-bond donors (Lipinski definition) is 0. The maximum absolute atomic E-state index is 14.2. The molecule has 6 rings (SSSR count). The molecule has 0 spiro atoms. The van der Waals surface area contributed by atoms with Crippen molar-refractivity contribution in [3.63, 3.8) is 0 Å². The largest absolute Gasteiger partial charge is 0.497 e. The Morgan fingerprint density at radius 3 is 2.57 bits per heavy atom. The van der Waals surface area contributed by atoms with Gasteiger partial charge in [-0.1, -0.05) is 78.1 Å². The molecule has 0 saturated heterocycles. The molecular formula is C37H28BrN3O5S. The summed E-state index contributed by atoms with van der Waals surface area (Å²) < 4.78 is 19.7. The fourth-order valence-electron chi connectivity index (χ4n) is 5.35. The van der Waals surface area contributed by atoms with Crippen LogP contribution in [0, 0.1) is 11.3 Å². The highest BCUT2D eigenvalue weighted by Gasteiger charge is 2.35. The molecule has 4 aromatic carbocycles. The van der Waals surface area contributed by atoms with Crippen LogP contribution in [0.1, 0.15) is 40.8 Å². The molecule has 8 nitrogen and oxygen atoms in total. The Bertz CT molecular complexity index is 2230. The number of nitrogens with zero attached hydrogens (tertiary/aromatic N) is 3. The molecule has 1 aliphatic rings. The normalized spacial score (nSPS) is 14.2. The summed E-state index contributed by atoms with van der Waals surface area (Å²) in [4.78, 5) is 33.2. The third-order valence-electron chi connectivity index (χ3n) is 7.56. The molecule has 5 aromatic rings. The van der Waals surface area contributed by atoms with E-state index in [9.17, 15) is 14.9 Å². The van der Waals surface area contributed by atoms with Crippen LogP contribution in [0.15, 0.2) is 117 Å². The fraction of sp³-hybridized carbons (Fsp3) is 0.135. The van der Waals surface area contributed by atoms with E-state index in [1.165, 1.54) is 11.3 Å². The van der Waals surface area contributed by atoms with Crippen LogP contribution >= 0.6 is 27.3 Å². The van der Waals surface area contributed by atoms with Crippen LogP contribution < -0.4 is 24.4 Å². The average molecular weight is 707 g/mol. The molecule has 1 atom stereocenters. The zero-order valence-electron chi connectivity index (χ0n) is 25.5. The van der Waals surface area contributed by atoms with Gasteiger partial charge in [-0.2, -0.15) is 5.26 Å². The number of benzene rings is 4. The van der Waals surface area contributed by atoms with Crippen LogP contribution in [-0.4, -0.2) is 24.3 Å². The molecule has 0 saturated carbocycles. The van der Waals surface area contributed by atoms with Gasteiger partial charge in [0.15, 0.2) is 4.80 Å². The molecule has 0 amide bonds. The zero-order valence-corrected chi connectivity index (χ0v) is 27.9. The van der Waals surface area contributed by atoms with Gasteiger partial charge in [0.2, 0.25) is 0 Å². The van der Waals surface area contributed by atoms with E-state index in [4.69, 9.17) is 19.2 Å². The van der Waals surface area contributed by atoms with E-state index in [0.717, 1.165) is 16.7 Å². The highest BCUT2D eigenvalue weighted by Crippen LogP contribution is 2.36. The Kier molecular flexibility index (Phi) is 9.47. The molecule has 0 N–H and O–H groups in total. The minimum Gasteiger partial charge on any atom is -0.497 e. The van der Waals surface area contributed by atoms with E-state index in [-0.39, 0.29) is 24.3 Å². The van der Waals surface area contributed by atoms with Crippen molar-refractivity contribution in [1.82, 2.24) is 4.57 Å². The van der Waals surface area contributed by atoms with Gasteiger partial charge < -0.3 is 14.2 Å². The zero-order chi connectivity index (χ0) is 32.9. The molecule has 10 heteroatoms. The molecule has 47 heavy (non-hydrogen) atoms. The Hall–Kier alpha value is -5.24. The lowest BCUT2D eigenvalue weighted by atomic mass is 9.93. The van der Waals surface area contributed by atoms with Crippen molar-refractivity contribution >= 4 is 45.0 Å². The van der Waals surface area contributed by atoms with E-state index in [1.54, 1.807) is 30.7 Å². The smallest absolute Gasteiger partial charge is 0.338 e. The highest BCUT2D eigenvalue weighted by molar-refractivity contribution is 9.10. The molecule has 1 aromatic heterocycles. The second kappa shape index (κ2) is 14.0. The Labute approximate surface area is 283 Å². The van der Waals surface area contributed by atoms with Crippen LogP contribution in [0.5, 0.6) is 11.5 Å². The lowest BCUT2D eigenvalue weighted by Crippen LogP contribution is -2.40. The molecule has 2 heterocycles. The van der Waals surface area contributed by atoms with Crippen molar-refractivity contribution in [2.45, 2.75) is 19.6 Å². The quantitative estimate of drug-likeness (QED) is 0.170. The van der Waals surface area contributed by atoms with Gasteiger partial charge in [0.05, 0.1) is 51.7 Å². The first-order valence-corrected chi connectivity index (χ1v) is 16.4. The third kappa shape index (κ3) is 6.54. The molecule has 0 unspecified atom stereocenters. The number of methoxy groups -OCH3 is 1. The predicted octanol–water partition coefficient (Wildman–Crippen LogP) is 6.16. The van der Waals surface area contributed by atoms with Crippen LogP contribution in [-0.2, 0) is 16.1 Å². The Morgan fingerprint density at radius 1 is 1.04 bits per heavy atom. The molecular weight excluding hydrogens is 678 g/mol.